The highest BCUT2D eigenvalue weighted by atomic mass is 32.1. The molecule has 3 N–H and O–H groups in total. The number of hydrogen-bond acceptors (Lipinski definition) is 4. The lowest BCUT2D eigenvalue weighted by Crippen LogP contribution is -2.31. The zero-order valence-electron chi connectivity index (χ0n) is 14.0. The Morgan fingerprint density at radius 3 is 2.46 bits per heavy atom. The van der Waals surface area contributed by atoms with Gasteiger partial charge in [-0.05, 0) is 43.0 Å². The van der Waals surface area contributed by atoms with Crippen molar-refractivity contribution in [2.45, 2.75) is 32.9 Å². The minimum absolute atomic E-state index is 0.0127. The number of carbonyl (C=O) groups is 2. The van der Waals surface area contributed by atoms with Crippen molar-refractivity contribution < 1.29 is 9.59 Å². The summed E-state index contributed by atoms with van der Waals surface area (Å²) in [6, 6.07) is 11.7. The van der Waals surface area contributed by atoms with E-state index in [-0.39, 0.29) is 24.4 Å². The molecule has 0 saturated carbocycles. The van der Waals surface area contributed by atoms with E-state index in [9.17, 15) is 9.59 Å². The van der Waals surface area contributed by atoms with Crippen LogP contribution in [0, 0.1) is 0 Å². The maximum atomic E-state index is 11.8. The molecule has 0 saturated heterocycles. The van der Waals surface area contributed by atoms with Gasteiger partial charge in [-0.2, -0.15) is 0 Å². The van der Waals surface area contributed by atoms with Crippen LogP contribution in [0.4, 0.5) is 5.69 Å². The maximum absolute atomic E-state index is 11.8. The van der Waals surface area contributed by atoms with Crippen LogP contribution < -0.4 is 16.0 Å². The van der Waals surface area contributed by atoms with E-state index in [0.717, 1.165) is 16.1 Å². The van der Waals surface area contributed by atoms with Crippen LogP contribution in [0.25, 0.3) is 0 Å². The summed E-state index contributed by atoms with van der Waals surface area (Å²) in [5.41, 5.74) is 1.80. The molecule has 6 heteroatoms. The topological polar surface area (TPSA) is 70.2 Å². The minimum Gasteiger partial charge on any atom is -0.376 e. The fraction of sp³-hybridized carbons (Fsp3) is 0.333. The van der Waals surface area contributed by atoms with Crippen molar-refractivity contribution in [3.8, 4) is 0 Å². The minimum atomic E-state index is -0.0520. The van der Waals surface area contributed by atoms with Gasteiger partial charge >= 0.3 is 0 Å². The van der Waals surface area contributed by atoms with Crippen molar-refractivity contribution in [2.24, 2.45) is 0 Å². The van der Waals surface area contributed by atoms with E-state index in [0.29, 0.717) is 13.0 Å². The number of hydrogen-bond donors (Lipinski definition) is 3. The van der Waals surface area contributed by atoms with Crippen molar-refractivity contribution in [1.29, 1.82) is 0 Å². The van der Waals surface area contributed by atoms with Crippen LogP contribution in [0.15, 0.2) is 41.8 Å². The highest BCUT2D eigenvalue weighted by Gasteiger charge is 2.05. The summed E-state index contributed by atoms with van der Waals surface area (Å²) in [6.07, 6.45) is 0.361. The smallest absolute Gasteiger partial charge is 0.239 e. The molecule has 0 aliphatic carbocycles. The van der Waals surface area contributed by atoms with Gasteiger partial charge in [-0.15, -0.1) is 11.3 Å². The molecule has 0 fully saturated rings. The molecule has 5 nitrogen and oxygen atoms in total. The van der Waals surface area contributed by atoms with Crippen molar-refractivity contribution >= 4 is 28.8 Å². The summed E-state index contributed by atoms with van der Waals surface area (Å²) >= 11 is 1.62. The van der Waals surface area contributed by atoms with Crippen LogP contribution in [0.1, 0.15) is 24.3 Å². The average molecular weight is 345 g/mol. The normalized spacial score (nSPS) is 10.5. The maximum Gasteiger partial charge on any atom is 0.239 e. The van der Waals surface area contributed by atoms with Gasteiger partial charge in [0, 0.05) is 16.6 Å². The third kappa shape index (κ3) is 6.42. The molecule has 0 bridgehead atoms. The number of benzene rings is 1. The molecule has 0 radical (unpaired) electrons. The van der Waals surface area contributed by atoms with Gasteiger partial charge < -0.3 is 16.0 Å². The Morgan fingerprint density at radius 1 is 1.08 bits per heavy atom. The first-order chi connectivity index (χ1) is 11.5. The standard InChI is InChI=1S/C18H23N3O2S/c1-13(2)21-17(22)10-14-5-7-15(8-6-14)19-12-18(23)20-11-16-4-3-9-24-16/h3-9,13,19H,10-12H2,1-2H3,(H,20,23)(H,21,22). The third-order valence-electron chi connectivity index (χ3n) is 3.26. The molecule has 1 heterocycles. The lowest BCUT2D eigenvalue weighted by molar-refractivity contribution is -0.121. The van der Waals surface area contributed by atoms with Crippen molar-refractivity contribution in [1.82, 2.24) is 10.6 Å². The molecule has 2 aromatic rings. The van der Waals surface area contributed by atoms with Gasteiger partial charge in [0.05, 0.1) is 19.5 Å². The van der Waals surface area contributed by atoms with E-state index < -0.39 is 0 Å². The van der Waals surface area contributed by atoms with Gasteiger partial charge in [0.15, 0.2) is 0 Å². The summed E-state index contributed by atoms with van der Waals surface area (Å²) < 4.78 is 0. The summed E-state index contributed by atoms with van der Waals surface area (Å²) in [4.78, 5) is 24.6. The Labute approximate surface area is 146 Å². The molecule has 0 aliphatic rings. The van der Waals surface area contributed by atoms with Crippen molar-refractivity contribution in [3.63, 3.8) is 0 Å². The average Bonchev–Trinajstić information content (AvgIpc) is 3.05. The van der Waals surface area contributed by atoms with E-state index in [1.54, 1.807) is 11.3 Å². The van der Waals surface area contributed by atoms with Gasteiger partial charge in [0.1, 0.15) is 0 Å². The Kier molecular flexibility index (Phi) is 6.81. The van der Waals surface area contributed by atoms with Gasteiger partial charge in [-0.3, -0.25) is 9.59 Å². The Hall–Kier alpha value is -2.34. The summed E-state index contributed by atoms with van der Waals surface area (Å²) in [5, 5.41) is 10.8. The molecule has 0 atom stereocenters. The van der Waals surface area contributed by atoms with Gasteiger partial charge in [0.25, 0.3) is 0 Å². The molecule has 1 aromatic carbocycles. The molecular formula is C18H23N3O2S. The molecule has 0 aliphatic heterocycles. The molecule has 2 amide bonds. The second kappa shape index (κ2) is 9.08. The predicted molar refractivity (Wildman–Crippen MR) is 98.1 cm³/mol. The molecule has 2 rings (SSSR count). The first kappa shape index (κ1) is 18.0. The summed E-state index contributed by atoms with van der Waals surface area (Å²) in [5.74, 6) is -0.0394. The molecule has 24 heavy (non-hydrogen) atoms. The zero-order chi connectivity index (χ0) is 17.4. The Morgan fingerprint density at radius 2 is 1.83 bits per heavy atom. The van der Waals surface area contributed by atoms with Crippen LogP contribution >= 0.6 is 11.3 Å². The van der Waals surface area contributed by atoms with Gasteiger partial charge in [-0.1, -0.05) is 18.2 Å². The van der Waals surface area contributed by atoms with E-state index in [2.05, 4.69) is 16.0 Å². The molecular weight excluding hydrogens is 322 g/mol. The number of carbonyl (C=O) groups excluding carboxylic acids is 2. The van der Waals surface area contributed by atoms with E-state index in [1.807, 2.05) is 55.6 Å². The lowest BCUT2D eigenvalue weighted by Gasteiger charge is -2.10. The summed E-state index contributed by atoms with van der Waals surface area (Å²) in [6.45, 7) is 4.66. The number of thiophene rings is 1. The van der Waals surface area contributed by atoms with Gasteiger partial charge in [0.2, 0.25) is 11.8 Å². The molecule has 0 spiro atoms. The second-order valence-corrected chi connectivity index (χ2v) is 6.84. The number of amides is 2. The largest absolute Gasteiger partial charge is 0.376 e. The van der Waals surface area contributed by atoms with E-state index in [1.165, 1.54) is 0 Å². The third-order valence-corrected chi connectivity index (χ3v) is 4.14. The van der Waals surface area contributed by atoms with Crippen LogP contribution in [-0.2, 0) is 22.6 Å². The van der Waals surface area contributed by atoms with E-state index >= 15 is 0 Å². The molecule has 0 unspecified atom stereocenters. The fourth-order valence-electron chi connectivity index (χ4n) is 2.14. The lowest BCUT2D eigenvalue weighted by atomic mass is 10.1. The van der Waals surface area contributed by atoms with E-state index in [4.69, 9.17) is 0 Å². The van der Waals surface area contributed by atoms with Crippen LogP contribution in [0.3, 0.4) is 0 Å². The number of rotatable bonds is 8. The molecule has 1 aromatic heterocycles. The van der Waals surface area contributed by atoms with Crippen molar-refractivity contribution in [2.75, 3.05) is 11.9 Å². The first-order valence-corrected chi connectivity index (χ1v) is 8.82. The van der Waals surface area contributed by atoms with Crippen molar-refractivity contribution in [3.05, 3.63) is 52.2 Å². The van der Waals surface area contributed by atoms with Crippen LogP contribution in [-0.4, -0.2) is 24.4 Å². The predicted octanol–water partition coefficient (Wildman–Crippen LogP) is 2.54. The monoisotopic (exact) mass is 345 g/mol. The first-order valence-electron chi connectivity index (χ1n) is 7.94. The molecule has 128 valence electrons. The number of anilines is 1. The SMILES string of the molecule is CC(C)NC(=O)Cc1ccc(NCC(=O)NCc2cccs2)cc1. The highest BCUT2D eigenvalue weighted by molar-refractivity contribution is 7.09. The Balaban J connectivity index is 1.73. The fourth-order valence-corrected chi connectivity index (χ4v) is 2.79. The quantitative estimate of drug-likeness (QED) is 0.689. The Bertz CT molecular complexity index is 651. The zero-order valence-corrected chi connectivity index (χ0v) is 14.8. The highest BCUT2D eigenvalue weighted by Crippen LogP contribution is 2.10. The van der Waals surface area contributed by atoms with Gasteiger partial charge in [-0.25, -0.2) is 0 Å². The summed E-state index contributed by atoms with van der Waals surface area (Å²) in [7, 11) is 0. The second-order valence-electron chi connectivity index (χ2n) is 5.81. The van der Waals surface area contributed by atoms with Crippen LogP contribution in [0.5, 0.6) is 0 Å². The number of nitrogens with one attached hydrogen (secondary N) is 3. The van der Waals surface area contributed by atoms with Crippen LogP contribution in [0.2, 0.25) is 0 Å².